The van der Waals surface area contributed by atoms with E-state index in [1.54, 1.807) is 0 Å². The van der Waals surface area contributed by atoms with Gasteiger partial charge in [0, 0.05) is 25.9 Å². The van der Waals surface area contributed by atoms with E-state index in [1.165, 1.54) is 31.3 Å². The van der Waals surface area contributed by atoms with Gasteiger partial charge in [0.2, 0.25) is 11.8 Å². The van der Waals surface area contributed by atoms with Crippen LogP contribution in [0.4, 0.5) is 0 Å². The highest BCUT2D eigenvalue weighted by atomic mass is 16.4. The predicted octanol–water partition coefficient (Wildman–Crippen LogP) is 8.44. The molecule has 4 N–H and O–H groups in total. The van der Waals surface area contributed by atoms with E-state index in [9.17, 15) is 19.5 Å². The van der Waals surface area contributed by atoms with Crippen LogP contribution in [0.2, 0.25) is 0 Å². The zero-order chi connectivity index (χ0) is 35.8. The van der Waals surface area contributed by atoms with Gasteiger partial charge in [-0.05, 0) is 142 Å². The monoisotopic (exact) mass is 683 g/mol. The van der Waals surface area contributed by atoms with Crippen molar-refractivity contribution in [3.63, 3.8) is 0 Å². The smallest absolute Gasteiger partial charge is 0.303 e. The van der Waals surface area contributed by atoms with E-state index in [0.29, 0.717) is 48.5 Å². The van der Waals surface area contributed by atoms with Crippen molar-refractivity contribution < 1.29 is 24.6 Å². The maximum atomic E-state index is 14.4. The van der Waals surface area contributed by atoms with Gasteiger partial charge in [-0.1, -0.05) is 66.0 Å². The van der Waals surface area contributed by atoms with Crippen molar-refractivity contribution in [3.05, 3.63) is 12.2 Å². The van der Waals surface area contributed by atoms with Crippen LogP contribution in [0.3, 0.4) is 0 Å². The summed E-state index contributed by atoms with van der Waals surface area (Å²) < 4.78 is 0. The van der Waals surface area contributed by atoms with Crippen molar-refractivity contribution in [1.29, 1.82) is 0 Å². The molecule has 5 aliphatic carbocycles. The van der Waals surface area contributed by atoms with E-state index in [0.717, 1.165) is 77.2 Å². The molecule has 0 aliphatic heterocycles. The highest BCUT2D eigenvalue weighted by molar-refractivity contribution is 5.84. The van der Waals surface area contributed by atoms with Crippen LogP contribution in [0.5, 0.6) is 0 Å². The second-order valence-corrected chi connectivity index (χ2v) is 18.8. The summed E-state index contributed by atoms with van der Waals surface area (Å²) in [6.45, 7) is 20.6. The van der Waals surface area contributed by atoms with Crippen LogP contribution in [0.25, 0.3) is 0 Å². The molecule has 0 aromatic carbocycles. The van der Waals surface area contributed by atoms with Crippen molar-refractivity contribution in [2.45, 2.75) is 163 Å². The molecule has 7 nitrogen and oxygen atoms in total. The Morgan fingerprint density at radius 3 is 2.06 bits per heavy atom. The van der Waals surface area contributed by atoms with Gasteiger partial charge < -0.3 is 20.8 Å². The van der Waals surface area contributed by atoms with Gasteiger partial charge in [-0.2, -0.15) is 0 Å². The van der Waals surface area contributed by atoms with Gasteiger partial charge >= 0.3 is 5.97 Å². The molecule has 0 aromatic heterocycles. The Labute approximate surface area is 297 Å². The normalized spacial score (nSPS) is 40.6. The fraction of sp³-hybridized carbons (Fsp3) is 0.881. The second-order valence-electron chi connectivity index (χ2n) is 18.8. The first kappa shape index (κ1) is 38.3. The minimum atomic E-state index is -0.861. The van der Waals surface area contributed by atoms with E-state index < -0.39 is 5.97 Å². The number of rotatable bonds is 14. The number of aliphatic carboxylic acids is 1. The standard InChI is InChI=1S/C42H70N2O5/c1-28(2)29-18-23-42(37(49)44-27-12-10-8-9-11-26-43-34(46)14-13-15-35(47)48)25-24-40(6)30(36(29)42)16-17-32-39(5)21-20-33(45)38(3,4)31(39)19-22-41(32,40)7/h29-33,36,45H,1,8-27H2,2-7H3,(H,43,46)(H,44,49)(H,47,48)/t29-,30+,31-,32+,33-,36+,39-,40+,41+,42-/m0/s1. The van der Waals surface area contributed by atoms with Crippen LogP contribution >= 0.6 is 0 Å². The molecule has 7 heteroatoms. The van der Waals surface area contributed by atoms with Crippen LogP contribution in [-0.4, -0.2) is 47.2 Å². The first-order chi connectivity index (χ1) is 23.0. The number of nitrogens with one attached hydrogen (secondary N) is 2. The molecular formula is C42H70N2O5. The van der Waals surface area contributed by atoms with E-state index in [2.05, 4.69) is 58.8 Å². The molecule has 0 bridgehead atoms. The lowest BCUT2D eigenvalue weighted by Crippen LogP contribution is -2.67. The van der Waals surface area contributed by atoms with Crippen molar-refractivity contribution in [2.75, 3.05) is 13.1 Å². The Morgan fingerprint density at radius 1 is 0.714 bits per heavy atom. The number of hydrogen-bond donors (Lipinski definition) is 4. The summed E-state index contributed by atoms with van der Waals surface area (Å²) in [5, 5.41) is 26.1. The largest absolute Gasteiger partial charge is 0.481 e. The third-order valence-electron chi connectivity index (χ3n) is 16.3. The Bertz CT molecular complexity index is 1250. The number of carboxylic acid groups (broad SMARTS) is 1. The summed E-state index contributed by atoms with van der Waals surface area (Å²) in [6.07, 6.45) is 16.7. The zero-order valence-electron chi connectivity index (χ0n) is 31.9. The molecule has 5 rings (SSSR count). The van der Waals surface area contributed by atoms with Crippen LogP contribution in [0.1, 0.15) is 157 Å². The molecule has 0 saturated heterocycles. The summed E-state index contributed by atoms with van der Waals surface area (Å²) in [6, 6.07) is 0. The molecular weight excluding hydrogens is 612 g/mol. The Hall–Kier alpha value is -1.89. The fourth-order valence-electron chi connectivity index (χ4n) is 13.4. The van der Waals surface area contributed by atoms with Crippen LogP contribution in [-0.2, 0) is 14.4 Å². The SMILES string of the molecule is C=C(C)[C@@H]1CC[C@]2(C(=O)NCCCCCCCNC(=O)CCCC(=O)O)CC[C@]3(C)[C@H](CC[C@@H]4[C@@]5(C)CC[C@H](O)C(C)(C)[C@@H]5CC[C@]43C)[C@@H]12. The quantitative estimate of drug-likeness (QED) is 0.108. The molecule has 0 heterocycles. The predicted molar refractivity (Wildman–Crippen MR) is 196 cm³/mol. The summed E-state index contributed by atoms with van der Waals surface area (Å²) in [7, 11) is 0. The van der Waals surface area contributed by atoms with Gasteiger partial charge in [-0.25, -0.2) is 0 Å². The van der Waals surface area contributed by atoms with E-state index in [1.807, 2.05) is 0 Å². The van der Waals surface area contributed by atoms with Gasteiger partial charge in [0.15, 0.2) is 0 Å². The Kier molecular flexibility index (Phi) is 11.4. The third-order valence-corrected chi connectivity index (χ3v) is 16.3. The third kappa shape index (κ3) is 6.77. The number of aliphatic hydroxyl groups excluding tert-OH is 1. The highest BCUT2D eigenvalue weighted by Gasteiger charge is 2.71. The molecule has 0 unspecified atom stereocenters. The number of aliphatic hydroxyl groups is 1. The Balaban J connectivity index is 1.18. The molecule has 5 fully saturated rings. The number of carbonyl (C=O) groups is 3. The second kappa shape index (κ2) is 14.6. The summed E-state index contributed by atoms with van der Waals surface area (Å²) in [5.41, 5.74) is 1.66. The lowest BCUT2D eigenvalue weighted by Gasteiger charge is -2.72. The van der Waals surface area contributed by atoms with Gasteiger partial charge in [-0.15, -0.1) is 0 Å². The molecule has 49 heavy (non-hydrogen) atoms. The lowest BCUT2D eigenvalue weighted by atomic mass is 9.32. The zero-order valence-corrected chi connectivity index (χ0v) is 31.9. The number of allylic oxidation sites excluding steroid dienone is 1. The first-order valence-corrected chi connectivity index (χ1v) is 20.1. The van der Waals surface area contributed by atoms with Gasteiger partial charge in [0.1, 0.15) is 0 Å². The first-order valence-electron chi connectivity index (χ1n) is 20.1. The minimum absolute atomic E-state index is 0.0334. The van der Waals surface area contributed by atoms with Gasteiger partial charge in [0.05, 0.1) is 11.5 Å². The summed E-state index contributed by atoms with van der Waals surface area (Å²) >= 11 is 0. The van der Waals surface area contributed by atoms with Gasteiger partial charge in [0.25, 0.3) is 0 Å². The molecule has 10 atom stereocenters. The lowest BCUT2D eigenvalue weighted by molar-refractivity contribution is -0.246. The molecule has 278 valence electrons. The number of carboxylic acids is 1. The molecule has 0 radical (unpaired) electrons. The number of unbranched alkanes of at least 4 members (excludes halogenated alkanes) is 4. The van der Waals surface area contributed by atoms with Crippen molar-refractivity contribution in [1.82, 2.24) is 10.6 Å². The number of hydrogen-bond acceptors (Lipinski definition) is 4. The molecule has 0 spiro atoms. The fourth-order valence-corrected chi connectivity index (χ4v) is 13.4. The summed E-state index contributed by atoms with van der Waals surface area (Å²) in [4.78, 5) is 36.8. The molecule has 0 aromatic rings. The maximum absolute atomic E-state index is 14.4. The number of carbonyl (C=O) groups excluding carboxylic acids is 2. The van der Waals surface area contributed by atoms with E-state index in [4.69, 9.17) is 5.11 Å². The number of amides is 2. The molecule has 2 amide bonds. The topological polar surface area (TPSA) is 116 Å². The Morgan fingerprint density at radius 2 is 1.39 bits per heavy atom. The van der Waals surface area contributed by atoms with Crippen molar-refractivity contribution >= 4 is 17.8 Å². The van der Waals surface area contributed by atoms with E-state index >= 15 is 0 Å². The van der Waals surface area contributed by atoms with Crippen LogP contribution in [0, 0.1) is 56.7 Å². The molecule has 5 saturated carbocycles. The maximum Gasteiger partial charge on any atom is 0.303 e. The van der Waals surface area contributed by atoms with Crippen molar-refractivity contribution in [2.24, 2.45) is 56.7 Å². The van der Waals surface area contributed by atoms with Crippen LogP contribution < -0.4 is 10.6 Å². The number of fused-ring (bicyclic) bond motifs is 7. The average Bonchev–Trinajstić information content (AvgIpc) is 3.44. The van der Waals surface area contributed by atoms with Crippen LogP contribution in [0.15, 0.2) is 12.2 Å². The summed E-state index contributed by atoms with van der Waals surface area (Å²) in [5.74, 6) is 1.94. The highest BCUT2D eigenvalue weighted by Crippen LogP contribution is 2.77. The minimum Gasteiger partial charge on any atom is -0.481 e. The van der Waals surface area contributed by atoms with Crippen molar-refractivity contribution in [3.8, 4) is 0 Å². The average molecular weight is 683 g/mol. The van der Waals surface area contributed by atoms with E-state index in [-0.39, 0.29) is 51.9 Å². The molecule has 5 aliphatic rings. The van der Waals surface area contributed by atoms with Gasteiger partial charge in [-0.3, -0.25) is 14.4 Å².